The van der Waals surface area contributed by atoms with Crippen LogP contribution in [-0.4, -0.2) is 57.6 Å². The van der Waals surface area contributed by atoms with Gasteiger partial charge in [0, 0.05) is 26.3 Å². The van der Waals surface area contributed by atoms with Crippen LogP contribution in [0.15, 0.2) is 35.4 Å². The predicted octanol–water partition coefficient (Wildman–Crippen LogP) is 1.61. The number of aryl methyl sites for hydroxylation is 1. The number of amides is 1. The highest BCUT2D eigenvalue weighted by atomic mass is 32.2. The smallest absolute Gasteiger partial charge is 0.355 e. The fourth-order valence-corrected chi connectivity index (χ4v) is 5.39. The summed E-state index contributed by atoms with van der Waals surface area (Å²) in [6, 6.07) is 6.46. The van der Waals surface area contributed by atoms with Gasteiger partial charge in [0.15, 0.2) is 6.61 Å². The summed E-state index contributed by atoms with van der Waals surface area (Å²) in [5, 5.41) is 2.64. The Morgan fingerprint density at radius 3 is 2.77 bits per heavy atom. The summed E-state index contributed by atoms with van der Waals surface area (Å²) >= 11 is 1.03. The molecule has 1 amide bonds. The van der Waals surface area contributed by atoms with Crippen LogP contribution in [0.3, 0.4) is 0 Å². The summed E-state index contributed by atoms with van der Waals surface area (Å²) in [5.74, 6) is -1.33. The molecule has 0 unspecified atom stereocenters. The van der Waals surface area contributed by atoms with Crippen molar-refractivity contribution in [2.24, 2.45) is 7.05 Å². The number of aromatic nitrogens is 3. The topological polar surface area (TPSA) is 123 Å². The van der Waals surface area contributed by atoms with Gasteiger partial charge >= 0.3 is 5.97 Å². The number of carbonyl (C=O) groups excluding carboxylic acids is 2. The molecule has 0 aliphatic carbocycles. The summed E-state index contributed by atoms with van der Waals surface area (Å²) in [6.07, 6.45) is 3.02. The zero-order chi connectivity index (χ0) is 21.3. The highest BCUT2D eigenvalue weighted by Crippen LogP contribution is 2.23. The van der Waals surface area contributed by atoms with Crippen LogP contribution in [0.1, 0.15) is 23.3 Å². The molecule has 1 N–H and O–H groups in total. The Kier molecular flexibility index (Phi) is 5.54. The van der Waals surface area contributed by atoms with Crippen LogP contribution >= 0.6 is 11.7 Å². The van der Waals surface area contributed by atoms with Gasteiger partial charge in [-0.3, -0.25) is 4.79 Å². The van der Waals surface area contributed by atoms with E-state index < -0.39 is 28.5 Å². The van der Waals surface area contributed by atoms with E-state index in [1.807, 2.05) is 0 Å². The highest BCUT2D eigenvalue weighted by molar-refractivity contribution is 7.89. The molecule has 1 aliphatic heterocycles. The summed E-state index contributed by atoms with van der Waals surface area (Å²) in [6.45, 7) is 0.420. The lowest BCUT2D eigenvalue weighted by Crippen LogP contribution is -2.27. The first kappa shape index (κ1) is 20.4. The fourth-order valence-electron chi connectivity index (χ4n) is 3.25. The predicted molar refractivity (Wildman–Crippen MR) is 110 cm³/mol. The molecule has 158 valence electrons. The molecular weight excluding hydrogens is 430 g/mol. The minimum absolute atomic E-state index is 0.0333. The van der Waals surface area contributed by atoms with Gasteiger partial charge < -0.3 is 14.6 Å². The molecule has 4 rings (SSSR count). The maximum atomic E-state index is 12.7. The third-order valence-electron chi connectivity index (χ3n) is 4.79. The number of anilines is 1. The maximum Gasteiger partial charge on any atom is 0.355 e. The van der Waals surface area contributed by atoms with Crippen molar-refractivity contribution in [2.75, 3.05) is 25.0 Å². The summed E-state index contributed by atoms with van der Waals surface area (Å²) < 4.78 is 41.4. The maximum absolute atomic E-state index is 12.7. The van der Waals surface area contributed by atoms with Gasteiger partial charge in [0.05, 0.1) is 17.4 Å². The molecule has 3 aromatic rings. The van der Waals surface area contributed by atoms with E-state index >= 15 is 0 Å². The van der Waals surface area contributed by atoms with Gasteiger partial charge in [0.1, 0.15) is 21.6 Å². The Morgan fingerprint density at radius 1 is 1.23 bits per heavy atom. The van der Waals surface area contributed by atoms with Crippen molar-refractivity contribution in [3.05, 3.63) is 36.2 Å². The lowest BCUT2D eigenvalue weighted by Gasteiger charge is -2.13. The molecule has 0 spiro atoms. The van der Waals surface area contributed by atoms with Crippen LogP contribution in [0.5, 0.6) is 0 Å². The quantitative estimate of drug-likeness (QED) is 0.567. The van der Waals surface area contributed by atoms with E-state index in [1.165, 1.54) is 21.1 Å². The minimum atomic E-state index is -3.65. The van der Waals surface area contributed by atoms with Crippen molar-refractivity contribution < 1.29 is 22.7 Å². The van der Waals surface area contributed by atoms with E-state index in [2.05, 4.69) is 14.1 Å². The Balaban J connectivity index is 1.41. The molecule has 0 radical (unpaired) electrons. The molecule has 12 heteroatoms. The third-order valence-corrected chi connectivity index (χ3v) is 7.19. The van der Waals surface area contributed by atoms with Crippen molar-refractivity contribution in [3.63, 3.8) is 0 Å². The number of nitrogens with one attached hydrogen (secondary N) is 1. The second-order valence-corrected chi connectivity index (χ2v) is 9.31. The van der Waals surface area contributed by atoms with Gasteiger partial charge in [-0.05, 0) is 31.0 Å². The Morgan fingerprint density at radius 2 is 2.00 bits per heavy atom. The molecule has 30 heavy (non-hydrogen) atoms. The molecule has 0 saturated carbocycles. The Labute approximate surface area is 176 Å². The monoisotopic (exact) mass is 449 g/mol. The van der Waals surface area contributed by atoms with Gasteiger partial charge in [0.2, 0.25) is 10.0 Å². The number of nitrogens with zero attached hydrogens (tertiary/aromatic N) is 4. The average Bonchev–Trinajstić information content (AvgIpc) is 3.46. The molecule has 1 saturated heterocycles. The third kappa shape index (κ3) is 3.93. The largest absolute Gasteiger partial charge is 0.451 e. The van der Waals surface area contributed by atoms with Crippen LogP contribution in [0.4, 0.5) is 5.69 Å². The summed E-state index contributed by atoms with van der Waals surface area (Å²) in [7, 11) is -2.10. The number of hydrogen-bond acceptors (Lipinski definition) is 8. The van der Waals surface area contributed by atoms with Gasteiger partial charge in [-0.25, -0.2) is 13.2 Å². The van der Waals surface area contributed by atoms with E-state index in [4.69, 9.17) is 4.74 Å². The lowest BCUT2D eigenvalue weighted by molar-refractivity contribution is -0.119. The van der Waals surface area contributed by atoms with Crippen molar-refractivity contribution >= 4 is 50.3 Å². The number of fused-ring (bicyclic) bond motifs is 1. The molecule has 0 atom stereocenters. The van der Waals surface area contributed by atoms with Crippen LogP contribution in [0.2, 0.25) is 0 Å². The lowest BCUT2D eigenvalue weighted by atomic mass is 10.2. The number of benzene rings is 1. The van der Waals surface area contributed by atoms with E-state index in [-0.39, 0.29) is 10.6 Å². The molecule has 1 aliphatic rings. The van der Waals surface area contributed by atoms with Crippen molar-refractivity contribution in [1.29, 1.82) is 0 Å². The summed E-state index contributed by atoms with van der Waals surface area (Å²) in [5.41, 5.74) is 1.73. The van der Waals surface area contributed by atoms with Crippen LogP contribution in [0, 0.1) is 0 Å². The number of hydrogen-bond donors (Lipinski definition) is 1. The first-order chi connectivity index (χ1) is 14.4. The first-order valence-corrected chi connectivity index (χ1v) is 11.4. The van der Waals surface area contributed by atoms with E-state index in [9.17, 15) is 18.0 Å². The van der Waals surface area contributed by atoms with Gasteiger partial charge in [0.25, 0.3) is 5.91 Å². The average molecular weight is 450 g/mol. The zero-order valence-corrected chi connectivity index (χ0v) is 17.7. The van der Waals surface area contributed by atoms with Crippen molar-refractivity contribution in [3.8, 4) is 0 Å². The van der Waals surface area contributed by atoms with Crippen molar-refractivity contribution in [1.82, 2.24) is 17.6 Å². The van der Waals surface area contributed by atoms with Crippen LogP contribution in [0.25, 0.3) is 11.0 Å². The van der Waals surface area contributed by atoms with Crippen LogP contribution < -0.4 is 5.32 Å². The standard InChI is InChI=1S/C18H19N5O5S2/c1-22-10-12(30(26,27)23-7-2-3-8-23)9-15(22)18(25)28-11-16(24)19-13-5-4-6-14-17(13)21-29-20-14/h4-6,9-10H,2-3,7-8,11H2,1H3,(H,19,24). The van der Waals surface area contributed by atoms with Crippen molar-refractivity contribution in [2.45, 2.75) is 17.7 Å². The number of ether oxygens (including phenoxy) is 1. The van der Waals surface area contributed by atoms with Gasteiger partial charge in [-0.1, -0.05) is 6.07 Å². The molecule has 3 heterocycles. The number of rotatable bonds is 6. The zero-order valence-electron chi connectivity index (χ0n) is 16.1. The van der Waals surface area contributed by atoms with Gasteiger partial charge in [-0.2, -0.15) is 13.1 Å². The number of carbonyl (C=O) groups is 2. The second kappa shape index (κ2) is 8.13. The normalized spacial score (nSPS) is 14.8. The van der Waals surface area contributed by atoms with E-state index in [0.717, 1.165) is 24.6 Å². The molecular formula is C18H19N5O5S2. The minimum Gasteiger partial charge on any atom is -0.451 e. The Hall–Kier alpha value is -2.83. The molecule has 1 fully saturated rings. The second-order valence-electron chi connectivity index (χ2n) is 6.84. The van der Waals surface area contributed by atoms with Gasteiger partial charge in [-0.15, -0.1) is 0 Å². The van der Waals surface area contributed by atoms with E-state index in [1.54, 1.807) is 25.2 Å². The fraction of sp³-hybridized carbons (Fsp3) is 0.333. The molecule has 10 nitrogen and oxygen atoms in total. The van der Waals surface area contributed by atoms with Crippen LogP contribution in [-0.2, 0) is 26.6 Å². The number of sulfonamides is 1. The summed E-state index contributed by atoms with van der Waals surface area (Å²) in [4.78, 5) is 24.6. The Bertz CT molecular complexity index is 1210. The molecule has 1 aromatic carbocycles. The number of esters is 1. The molecule has 0 bridgehead atoms. The van der Waals surface area contributed by atoms with E-state index in [0.29, 0.717) is 29.8 Å². The molecule has 2 aromatic heterocycles. The SMILES string of the molecule is Cn1cc(S(=O)(=O)N2CCCC2)cc1C(=O)OCC(=O)Nc1cccc2nsnc12. The first-order valence-electron chi connectivity index (χ1n) is 9.21. The highest BCUT2D eigenvalue weighted by Gasteiger charge is 2.29.